The van der Waals surface area contributed by atoms with Gasteiger partial charge in [0.1, 0.15) is 5.69 Å². The molecule has 1 aromatic heterocycles. The molecule has 0 bridgehead atoms. The third-order valence-electron chi connectivity index (χ3n) is 2.62. The molecule has 16 heavy (non-hydrogen) atoms. The lowest BCUT2D eigenvalue weighted by atomic mass is 10.3. The van der Waals surface area contributed by atoms with Gasteiger partial charge in [-0.15, -0.1) is 0 Å². The van der Waals surface area contributed by atoms with E-state index in [1.165, 1.54) is 12.8 Å². The van der Waals surface area contributed by atoms with Gasteiger partial charge in [-0.1, -0.05) is 5.16 Å². The molecule has 6 heteroatoms. The first-order chi connectivity index (χ1) is 7.61. The van der Waals surface area contributed by atoms with Crippen molar-refractivity contribution in [1.29, 1.82) is 0 Å². The predicted molar refractivity (Wildman–Crippen MR) is 60.7 cm³/mol. The van der Waals surface area contributed by atoms with Crippen LogP contribution in [0.3, 0.4) is 0 Å². The highest BCUT2D eigenvalue weighted by atomic mass is 16.4. The maximum Gasteiger partial charge on any atom is 0.226 e. The maximum atomic E-state index is 8.62. The van der Waals surface area contributed by atoms with Crippen molar-refractivity contribution in [3.8, 4) is 0 Å². The first kappa shape index (κ1) is 10.7. The van der Waals surface area contributed by atoms with Crippen LogP contribution in [0, 0.1) is 6.92 Å². The lowest BCUT2D eigenvalue weighted by Gasteiger charge is -2.17. The van der Waals surface area contributed by atoms with Gasteiger partial charge in [0.05, 0.1) is 0 Å². The van der Waals surface area contributed by atoms with E-state index in [0.717, 1.165) is 5.69 Å². The zero-order chi connectivity index (χ0) is 11.7. The number of hydrogen-bond donors (Lipinski definition) is 2. The van der Waals surface area contributed by atoms with Crippen LogP contribution >= 0.6 is 0 Å². The van der Waals surface area contributed by atoms with Crippen LogP contribution in [0.2, 0.25) is 0 Å². The Bertz CT molecular complexity index is 427. The van der Waals surface area contributed by atoms with Crippen molar-refractivity contribution in [2.24, 2.45) is 10.9 Å². The number of nitrogens with zero attached hydrogens (tertiary/aromatic N) is 4. The minimum atomic E-state index is 0.0101. The number of hydrogen-bond acceptors (Lipinski definition) is 5. The van der Waals surface area contributed by atoms with E-state index in [1.54, 1.807) is 6.07 Å². The first-order valence-corrected chi connectivity index (χ1v) is 5.18. The van der Waals surface area contributed by atoms with Crippen LogP contribution in [0.25, 0.3) is 0 Å². The van der Waals surface area contributed by atoms with Crippen molar-refractivity contribution in [2.75, 3.05) is 11.9 Å². The zero-order valence-corrected chi connectivity index (χ0v) is 9.38. The molecule has 0 amide bonds. The summed E-state index contributed by atoms with van der Waals surface area (Å²) in [5, 5.41) is 11.6. The summed E-state index contributed by atoms with van der Waals surface area (Å²) in [6.45, 7) is 1.86. The van der Waals surface area contributed by atoms with E-state index >= 15 is 0 Å². The fourth-order valence-electron chi connectivity index (χ4n) is 1.52. The van der Waals surface area contributed by atoms with Gasteiger partial charge in [-0.3, -0.25) is 0 Å². The molecule has 0 saturated heterocycles. The SMILES string of the molecule is Cc1cc(/C(N)=N/O)nc(N(C)C2CC2)n1. The minimum Gasteiger partial charge on any atom is -0.409 e. The van der Waals surface area contributed by atoms with Crippen molar-refractivity contribution >= 4 is 11.8 Å². The Morgan fingerprint density at radius 2 is 2.25 bits per heavy atom. The summed E-state index contributed by atoms with van der Waals surface area (Å²) in [6, 6.07) is 2.22. The summed E-state index contributed by atoms with van der Waals surface area (Å²) in [5.41, 5.74) is 6.78. The van der Waals surface area contributed by atoms with Gasteiger partial charge in [0.2, 0.25) is 5.95 Å². The second kappa shape index (κ2) is 3.96. The molecule has 1 fully saturated rings. The monoisotopic (exact) mass is 221 g/mol. The quantitative estimate of drug-likeness (QED) is 0.335. The number of nitrogens with two attached hydrogens (primary N) is 1. The van der Waals surface area contributed by atoms with E-state index in [9.17, 15) is 0 Å². The van der Waals surface area contributed by atoms with E-state index in [1.807, 2.05) is 18.9 Å². The molecule has 1 aliphatic carbocycles. The number of aromatic nitrogens is 2. The van der Waals surface area contributed by atoms with Gasteiger partial charge in [-0.05, 0) is 25.8 Å². The molecule has 2 rings (SSSR count). The van der Waals surface area contributed by atoms with Crippen LogP contribution in [0.1, 0.15) is 24.2 Å². The molecule has 3 N–H and O–H groups in total. The Balaban J connectivity index is 2.34. The van der Waals surface area contributed by atoms with E-state index in [4.69, 9.17) is 10.9 Å². The van der Waals surface area contributed by atoms with Gasteiger partial charge in [0.15, 0.2) is 5.84 Å². The fourth-order valence-corrected chi connectivity index (χ4v) is 1.52. The second-order valence-electron chi connectivity index (χ2n) is 4.02. The zero-order valence-electron chi connectivity index (χ0n) is 9.38. The normalized spacial score (nSPS) is 16.2. The second-order valence-corrected chi connectivity index (χ2v) is 4.02. The third-order valence-corrected chi connectivity index (χ3v) is 2.62. The molecule has 86 valence electrons. The van der Waals surface area contributed by atoms with Gasteiger partial charge in [0.25, 0.3) is 0 Å². The third kappa shape index (κ3) is 2.05. The number of anilines is 1. The van der Waals surface area contributed by atoms with Crippen molar-refractivity contribution in [1.82, 2.24) is 9.97 Å². The average Bonchev–Trinajstić information content (AvgIpc) is 3.10. The van der Waals surface area contributed by atoms with Crippen molar-refractivity contribution < 1.29 is 5.21 Å². The largest absolute Gasteiger partial charge is 0.409 e. The maximum absolute atomic E-state index is 8.62. The molecule has 0 aromatic carbocycles. The summed E-state index contributed by atoms with van der Waals surface area (Å²) in [7, 11) is 1.96. The minimum absolute atomic E-state index is 0.0101. The molecule has 0 atom stereocenters. The topological polar surface area (TPSA) is 87.6 Å². The van der Waals surface area contributed by atoms with Crippen LogP contribution in [0.4, 0.5) is 5.95 Å². The van der Waals surface area contributed by atoms with Crippen molar-refractivity contribution in [3.05, 3.63) is 17.5 Å². The van der Waals surface area contributed by atoms with Crippen LogP contribution in [0.15, 0.2) is 11.2 Å². The van der Waals surface area contributed by atoms with E-state index in [0.29, 0.717) is 17.7 Å². The number of rotatable bonds is 3. The smallest absolute Gasteiger partial charge is 0.226 e. The number of amidine groups is 1. The highest BCUT2D eigenvalue weighted by molar-refractivity contribution is 5.95. The fraction of sp³-hybridized carbons (Fsp3) is 0.500. The van der Waals surface area contributed by atoms with E-state index in [2.05, 4.69) is 15.1 Å². The Labute approximate surface area is 93.8 Å². The van der Waals surface area contributed by atoms with Gasteiger partial charge < -0.3 is 15.8 Å². The Kier molecular flexibility index (Phi) is 2.64. The molecule has 1 aliphatic rings. The number of aryl methyl sites for hydroxylation is 1. The Hall–Kier alpha value is -1.85. The Morgan fingerprint density at radius 3 is 2.81 bits per heavy atom. The molecule has 0 radical (unpaired) electrons. The Morgan fingerprint density at radius 1 is 1.56 bits per heavy atom. The molecule has 0 spiro atoms. The molecule has 0 unspecified atom stereocenters. The highest BCUT2D eigenvalue weighted by Gasteiger charge is 2.28. The lowest BCUT2D eigenvalue weighted by Crippen LogP contribution is -2.24. The molecule has 6 nitrogen and oxygen atoms in total. The lowest BCUT2D eigenvalue weighted by molar-refractivity contribution is 0.318. The van der Waals surface area contributed by atoms with Crippen LogP contribution < -0.4 is 10.6 Å². The molecule has 0 aliphatic heterocycles. The van der Waals surface area contributed by atoms with E-state index in [-0.39, 0.29) is 5.84 Å². The molecule has 1 saturated carbocycles. The van der Waals surface area contributed by atoms with Gasteiger partial charge in [0, 0.05) is 18.8 Å². The summed E-state index contributed by atoms with van der Waals surface area (Å²) < 4.78 is 0. The summed E-state index contributed by atoms with van der Waals surface area (Å²) >= 11 is 0. The standard InChI is InChI=1S/C10H15N5O/c1-6-5-8(9(11)14-16)13-10(12-6)15(2)7-3-4-7/h5,7,16H,3-4H2,1-2H3,(H2,11,14). The van der Waals surface area contributed by atoms with Gasteiger partial charge >= 0.3 is 0 Å². The highest BCUT2D eigenvalue weighted by Crippen LogP contribution is 2.28. The summed E-state index contributed by atoms with van der Waals surface area (Å²) in [6.07, 6.45) is 2.35. The number of oxime groups is 1. The van der Waals surface area contributed by atoms with Crippen LogP contribution in [-0.2, 0) is 0 Å². The molecular weight excluding hydrogens is 206 g/mol. The summed E-state index contributed by atoms with van der Waals surface area (Å²) in [5.74, 6) is 0.639. The van der Waals surface area contributed by atoms with Gasteiger partial charge in [-0.2, -0.15) is 0 Å². The van der Waals surface area contributed by atoms with Crippen LogP contribution in [-0.4, -0.2) is 34.1 Å². The van der Waals surface area contributed by atoms with Crippen molar-refractivity contribution in [3.63, 3.8) is 0 Å². The van der Waals surface area contributed by atoms with E-state index < -0.39 is 0 Å². The summed E-state index contributed by atoms with van der Waals surface area (Å²) in [4.78, 5) is 10.6. The molecular formula is C10H15N5O. The molecule has 1 aromatic rings. The molecule has 1 heterocycles. The predicted octanol–water partition coefficient (Wildman–Crippen LogP) is 0.478. The average molecular weight is 221 g/mol. The van der Waals surface area contributed by atoms with Gasteiger partial charge in [-0.25, -0.2) is 9.97 Å². The van der Waals surface area contributed by atoms with Crippen molar-refractivity contribution in [2.45, 2.75) is 25.8 Å². The van der Waals surface area contributed by atoms with Crippen LogP contribution in [0.5, 0.6) is 0 Å². The first-order valence-electron chi connectivity index (χ1n) is 5.18.